The lowest BCUT2D eigenvalue weighted by Gasteiger charge is -2.21. The molecule has 23 heavy (non-hydrogen) atoms. The molecule has 0 aliphatic carbocycles. The Hall–Kier alpha value is -2.14. The molecule has 0 aromatic heterocycles. The molecule has 2 rings (SSSR count). The summed E-state index contributed by atoms with van der Waals surface area (Å²) in [5.41, 5.74) is 2.57. The molecule has 0 radical (unpaired) electrons. The Morgan fingerprint density at radius 3 is 2.43 bits per heavy atom. The van der Waals surface area contributed by atoms with Gasteiger partial charge in [-0.05, 0) is 42.8 Å². The summed E-state index contributed by atoms with van der Waals surface area (Å²) in [6.07, 6.45) is 0.240. The second-order valence-electron chi connectivity index (χ2n) is 5.26. The molecule has 2 aromatic carbocycles. The van der Waals surface area contributed by atoms with Crippen LogP contribution in [0.2, 0.25) is 0 Å². The molecule has 0 aliphatic heterocycles. The third-order valence-corrected chi connectivity index (χ3v) is 3.97. The molecular weight excluding hydrogens is 356 g/mol. The summed E-state index contributed by atoms with van der Waals surface area (Å²) in [4.78, 5) is 25.5. The lowest BCUT2D eigenvalue weighted by Crippen LogP contribution is -2.31. The molecule has 2 amide bonds. The number of carbonyl (C=O) groups excluding carboxylic acids is 2. The van der Waals surface area contributed by atoms with E-state index in [1.807, 2.05) is 55.5 Å². The lowest BCUT2D eigenvalue weighted by molar-refractivity contribution is -0.117. The van der Waals surface area contributed by atoms with Gasteiger partial charge in [-0.3, -0.25) is 9.59 Å². The van der Waals surface area contributed by atoms with E-state index in [9.17, 15) is 9.59 Å². The maximum absolute atomic E-state index is 12.1. The van der Waals surface area contributed by atoms with Gasteiger partial charge >= 0.3 is 0 Å². The zero-order valence-corrected chi connectivity index (χ0v) is 14.8. The van der Waals surface area contributed by atoms with Gasteiger partial charge in [0, 0.05) is 35.7 Å². The van der Waals surface area contributed by atoms with E-state index in [-0.39, 0.29) is 18.2 Å². The minimum atomic E-state index is -0.113. The monoisotopic (exact) mass is 374 g/mol. The highest BCUT2D eigenvalue weighted by Crippen LogP contribution is 2.20. The van der Waals surface area contributed by atoms with Crippen LogP contribution < -0.4 is 10.2 Å². The first-order valence-electron chi connectivity index (χ1n) is 7.36. The summed E-state index contributed by atoms with van der Waals surface area (Å²) in [5, 5.41) is 2.89. The third-order valence-electron chi connectivity index (χ3n) is 3.47. The van der Waals surface area contributed by atoms with E-state index in [1.54, 1.807) is 4.90 Å². The molecule has 0 atom stereocenters. The van der Waals surface area contributed by atoms with E-state index in [0.29, 0.717) is 6.54 Å². The molecule has 0 heterocycles. The quantitative estimate of drug-likeness (QED) is 0.854. The van der Waals surface area contributed by atoms with Crippen LogP contribution in [-0.4, -0.2) is 18.4 Å². The van der Waals surface area contributed by atoms with Crippen LogP contribution in [0.3, 0.4) is 0 Å². The third kappa shape index (κ3) is 4.93. The summed E-state index contributed by atoms with van der Waals surface area (Å²) in [6.45, 7) is 3.79. The highest BCUT2D eigenvalue weighted by Gasteiger charge is 2.13. The Labute approximate surface area is 144 Å². The van der Waals surface area contributed by atoms with Crippen molar-refractivity contribution < 1.29 is 9.59 Å². The van der Waals surface area contributed by atoms with Crippen LogP contribution in [0.1, 0.15) is 18.9 Å². The second kappa shape index (κ2) is 7.92. The standard InChI is InChI=1S/C18H19BrN2O2/c1-13-12-15(19)8-9-17(13)20-18(23)10-11-21(14(2)22)16-6-4-3-5-7-16/h3-9,12H,10-11H2,1-2H3,(H,20,23). The topological polar surface area (TPSA) is 49.4 Å². The highest BCUT2D eigenvalue weighted by atomic mass is 79.9. The molecule has 4 nitrogen and oxygen atoms in total. The van der Waals surface area contributed by atoms with Crippen LogP contribution in [0, 0.1) is 6.92 Å². The minimum Gasteiger partial charge on any atom is -0.326 e. The average molecular weight is 375 g/mol. The number of amides is 2. The number of aryl methyl sites for hydroxylation is 1. The van der Waals surface area contributed by atoms with E-state index in [2.05, 4.69) is 21.2 Å². The largest absolute Gasteiger partial charge is 0.326 e. The van der Waals surface area contributed by atoms with Crippen molar-refractivity contribution in [2.45, 2.75) is 20.3 Å². The van der Waals surface area contributed by atoms with Crippen LogP contribution >= 0.6 is 15.9 Å². The Morgan fingerprint density at radius 2 is 1.83 bits per heavy atom. The van der Waals surface area contributed by atoms with E-state index in [1.165, 1.54) is 6.92 Å². The Morgan fingerprint density at radius 1 is 1.13 bits per heavy atom. The van der Waals surface area contributed by atoms with Crippen molar-refractivity contribution in [1.82, 2.24) is 0 Å². The van der Waals surface area contributed by atoms with Gasteiger partial charge in [0.25, 0.3) is 0 Å². The van der Waals surface area contributed by atoms with Crippen molar-refractivity contribution in [3.63, 3.8) is 0 Å². The molecule has 0 fully saturated rings. The van der Waals surface area contributed by atoms with Gasteiger partial charge in [0.05, 0.1) is 0 Å². The van der Waals surface area contributed by atoms with Gasteiger partial charge in [0.15, 0.2) is 0 Å². The van der Waals surface area contributed by atoms with Crippen molar-refractivity contribution >= 4 is 39.1 Å². The summed E-state index contributed by atoms with van der Waals surface area (Å²) in [7, 11) is 0. The second-order valence-corrected chi connectivity index (χ2v) is 6.18. The number of halogens is 1. The zero-order chi connectivity index (χ0) is 16.8. The number of nitrogens with zero attached hydrogens (tertiary/aromatic N) is 1. The van der Waals surface area contributed by atoms with Crippen LogP contribution in [0.25, 0.3) is 0 Å². The van der Waals surface area contributed by atoms with Crippen LogP contribution in [0.5, 0.6) is 0 Å². The molecule has 0 bridgehead atoms. The first kappa shape index (κ1) is 17.2. The SMILES string of the molecule is CC(=O)N(CCC(=O)Nc1ccc(Br)cc1C)c1ccccc1. The Bertz CT molecular complexity index is 701. The first-order valence-corrected chi connectivity index (χ1v) is 8.16. The van der Waals surface area contributed by atoms with E-state index < -0.39 is 0 Å². The van der Waals surface area contributed by atoms with Gasteiger partial charge in [0.1, 0.15) is 0 Å². The number of para-hydroxylation sites is 1. The summed E-state index contributed by atoms with van der Waals surface area (Å²) in [6, 6.07) is 15.0. The molecule has 120 valence electrons. The molecule has 0 aliphatic rings. The fourth-order valence-electron chi connectivity index (χ4n) is 2.27. The number of anilines is 2. The summed E-state index contributed by atoms with van der Waals surface area (Å²) < 4.78 is 0.972. The molecular formula is C18H19BrN2O2. The number of nitrogens with one attached hydrogen (secondary N) is 1. The van der Waals surface area contributed by atoms with Crippen molar-refractivity contribution in [2.75, 3.05) is 16.8 Å². The number of hydrogen-bond donors (Lipinski definition) is 1. The molecule has 0 saturated heterocycles. The van der Waals surface area contributed by atoms with Crippen molar-refractivity contribution in [1.29, 1.82) is 0 Å². The van der Waals surface area contributed by atoms with Crippen molar-refractivity contribution in [3.8, 4) is 0 Å². The van der Waals surface area contributed by atoms with Gasteiger partial charge < -0.3 is 10.2 Å². The van der Waals surface area contributed by atoms with Gasteiger partial charge in [0.2, 0.25) is 11.8 Å². The molecule has 0 unspecified atom stereocenters. The van der Waals surface area contributed by atoms with Crippen molar-refractivity contribution in [3.05, 3.63) is 58.6 Å². The summed E-state index contributed by atoms with van der Waals surface area (Å²) in [5.74, 6) is -0.193. The maximum atomic E-state index is 12.1. The predicted molar refractivity (Wildman–Crippen MR) is 96.6 cm³/mol. The van der Waals surface area contributed by atoms with Crippen molar-refractivity contribution in [2.24, 2.45) is 0 Å². The average Bonchev–Trinajstić information content (AvgIpc) is 2.51. The molecule has 5 heteroatoms. The van der Waals surface area contributed by atoms with Gasteiger partial charge in [-0.15, -0.1) is 0 Å². The van der Waals surface area contributed by atoms with Gasteiger partial charge in [-0.25, -0.2) is 0 Å². The minimum absolute atomic E-state index is 0.0798. The smallest absolute Gasteiger partial charge is 0.226 e. The van der Waals surface area contributed by atoms with Crippen LogP contribution in [0.15, 0.2) is 53.0 Å². The number of hydrogen-bond acceptors (Lipinski definition) is 2. The highest BCUT2D eigenvalue weighted by molar-refractivity contribution is 9.10. The van der Waals surface area contributed by atoms with E-state index in [4.69, 9.17) is 0 Å². The zero-order valence-electron chi connectivity index (χ0n) is 13.2. The number of benzene rings is 2. The molecule has 2 aromatic rings. The maximum Gasteiger partial charge on any atom is 0.226 e. The lowest BCUT2D eigenvalue weighted by atomic mass is 10.2. The molecule has 0 spiro atoms. The Kier molecular flexibility index (Phi) is 5.93. The molecule has 1 N–H and O–H groups in total. The van der Waals surface area contributed by atoms with Crippen LogP contribution in [0.4, 0.5) is 11.4 Å². The first-order chi connectivity index (χ1) is 11.0. The summed E-state index contributed by atoms with van der Waals surface area (Å²) >= 11 is 3.40. The number of carbonyl (C=O) groups is 2. The fraction of sp³-hybridized carbons (Fsp3) is 0.222. The predicted octanol–water partition coefficient (Wildman–Crippen LogP) is 4.14. The molecule has 0 saturated carbocycles. The van der Waals surface area contributed by atoms with Gasteiger partial charge in [-0.2, -0.15) is 0 Å². The van der Waals surface area contributed by atoms with Gasteiger partial charge in [-0.1, -0.05) is 34.1 Å². The fourth-order valence-corrected chi connectivity index (χ4v) is 2.75. The van der Waals surface area contributed by atoms with E-state index >= 15 is 0 Å². The Balaban J connectivity index is 1.98. The normalized spacial score (nSPS) is 10.2. The number of rotatable bonds is 5. The van der Waals surface area contributed by atoms with Crippen LogP contribution in [-0.2, 0) is 9.59 Å². The van der Waals surface area contributed by atoms with E-state index in [0.717, 1.165) is 21.4 Å².